The van der Waals surface area contributed by atoms with Crippen LogP contribution in [0.1, 0.15) is 28.8 Å². The second-order valence-electron chi connectivity index (χ2n) is 9.21. The lowest BCUT2D eigenvalue weighted by Gasteiger charge is -2.29. The van der Waals surface area contributed by atoms with E-state index in [1.165, 1.54) is 12.8 Å². The second kappa shape index (κ2) is 9.07. The molecule has 3 heterocycles. The lowest BCUT2D eigenvalue weighted by molar-refractivity contribution is -0.115. The molecule has 0 unspecified atom stereocenters. The standard InChI is InChI=1S/C28H27N3O4/c32-27-17-21-15-19(4-10-25(21)29-27)20-3-9-24-26(16-20)35-18-31(28(24)33)22-5-7-23(8-6-22)34-14-13-30-11-1-2-12-30/h3-10,15-16H,1-2,11-14,17-18H2,(H,29,32). The van der Waals surface area contributed by atoms with E-state index in [1.807, 2.05) is 60.7 Å². The van der Waals surface area contributed by atoms with E-state index in [-0.39, 0.29) is 18.5 Å². The number of nitrogens with zero attached hydrogens (tertiary/aromatic N) is 2. The van der Waals surface area contributed by atoms with Gasteiger partial charge >= 0.3 is 0 Å². The van der Waals surface area contributed by atoms with Gasteiger partial charge in [0, 0.05) is 17.9 Å². The van der Waals surface area contributed by atoms with Crippen molar-refractivity contribution in [3.8, 4) is 22.6 Å². The van der Waals surface area contributed by atoms with E-state index < -0.39 is 0 Å². The highest BCUT2D eigenvalue weighted by Gasteiger charge is 2.27. The van der Waals surface area contributed by atoms with Gasteiger partial charge in [-0.15, -0.1) is 0 Å². The van der Waals surface area contributed by atoms with E-state index in [2.05, 4.69) is 10.2 Å². The molecule has 0 atom stereocenters. The summed E-state index contributed by atoms with van der Waals surface area (Å²) < 4.78 is 11.9. The van der Waals surface area contributed by atoms with Crippen LogP contribution in [0.5, 0.6) is 11.5 Å². The summed E-state index contributed by atoms with van der Waals surface area (Å²) in [5, 5.41) is 2.85. The summed E-state index contributed by atoms with van der Waals surface area (Å²) in [5.74, 6) is 1.29. The zero-order chi connectivity index (χ0) is 23.8. The highest BCUT2D eigenvalue weighted by Crippen LogP contribution is 2.35. The SMILES string of the molecule is O=C1Cc2cc(-c3ccc4c(c3)OCN(c3ccc(OCCN5CCCC5)cc3)C4=O)ccc2N1. The fraction of sp³-hybridized carbons (Fsp3) is 0.286. The van der Waals surface area contributed by atoms with Crippen molar-refractivity contribution in [1.82, 2.24) is 4.90 Å². The van der Waals surface area contributed by atoms with Crippen molar-refractivity contribution in [2.75, 3.05) is 43.2 Å². The molecule has 6 rings (SSSR count). The number of fused-ring (bicyclic) bond motifs is 2. The molecule has 0 radical (unpaired) electrons. The number of ether oxygens (including phenoxy) is 2. The van der Waals surface area contributed by atoms with Crippen molar-refractivity contribution in [1.29, 1.82) is 0 Å². The average Bonchev–Trinajstić information content (AvgIpc) is 3.53. The third kappa shape index (κ3) is 4.35. The van der Waals surface area contributed by atoms with Crippen molar-refractivity contribution in [2.45, 2.75) is 19.3 Å². The van der Waals surface area contributed by atoms with Crippen LogP contribution in [0, 0.1) is 0 Å². The van der Waals surface area contributed by atoms with Gasteiger partial charge in [0.15, 0.2) is 6.73 Å². The molecule has 1 fully saturated rings. The van der Waals surface area contributed by atoms with Crippen LogP contribution >= 0.6 is 0 Å². The van der Waals surface area contributed by atoms with E-state index in [4.69, 9.17) is 9.47 Å². The topological polar surface area (TPSA) is 71.1 Å². The van der Waals surface area contributed by atoms with Crippen molar-refractivity contribution in [3.63, 3.8) is 0 Å². The van der Waals surface area contributed by atoms with E-state index >= 15 is 0 Å². The molecule has 3 aliphatic heterocycles. The van der Waals surface area contributed by atoms with Gasteiger partial charge in [-0.2, -0.15) is 0 Å². The highest BCUT2D eigenvalue weighted by atomic mass is 16.5. The number of amides is 2. The Morgan fingerprint density at radius 1 is 0.914 bits per heavy atom. The Bertz CT molecular complexity index is 1280. The zero-order valence-corrected chi connectivity index (χ0v) is 19.5. The number of carbonyl (C=O) groups is 2. The molecule has 0 aliphatic carbocycles. The number of carbonyl (C=O) groups excluding carboxylic acids is 2. The molecule has 0 saturated carbocycles. The number of benzene rings is 3. The first-order valence-corrected chi connectivity index (χ1v) is 12.1. The number of hydrogen-bond acceptors (Lipinski definition) is 5. The quantitative estimate of drug-likeness (QED) is 0.582. The molecular weight excluding hydrogens is 442 g/mol. The predicted molar refractivity (Wildman–Crippen MR) is 134 cm³/mol. The Morgan fingerprint density at radius 2 is 1.69 bits per heavy atom. The van der Waals surface area contributed by atoms with Crippen molar-refractivity contribution < 1.29 is 19.1 Å². The van der Waals surface area contributed by atoms with Crippen LogP contribution in [-0.2, 0) is 11.2 Å². The first-order valence-electron chi connectivity index (χ1n) is 12.1. The highest BCUT2D eigenvalue weighted by molar-refractivity contribution is 6.09. The minimum Gasteiger partial charge on any atom is -0.492 e. The van der Waals surface area contributed by atoms with Gasteiger partial charge in [0.1, 0.15) is 18.1 Å². The van der Waals surface area contributed by atoms with Crippen LogP contribution in [0.2, 0.25) is 0 Å². The van der Waals surface area contributed by atoms with E-state index in [0.717, 1.165) is 53.4 Å². The van der Waals surface area contributed by atoms with E-state index in [1.54, 1.807) is 4.90 Å². The molecule has 0 aromatic heterocycles. The van der Waals surface area contributed by atoms with Gasteiger partial charge in [-0.05, 0) is 91.2 Å². The normalized spacial score (nSPS) is 17.1. The minimum atomic E-state index is -0.0933. The molecule has 2 amide bonds. The number of likely N-dealkylation sites (tertiary alicyclic amines) is 1. The summed E-state index contributed by atoms with van der Waals surface area (Å²) in [6, 6.07) is 19.1. The molecule has 1 N–H and O–H groups in total. The Kier molecular flexibility index (Phi) is 5.62. The largest absolute Gasteiger partial charge is 0.492 e. The van der Waals surface area contributed by atoms with Gasteiger partial charge < -0.3 is 14.8 Å². The summed E-state index contributed by atoms with van der Waals surface area (Å²) in [5.41, 5.74) is 5.08. The molecule has 7 heteroatoms. The van der Waals surface area contributed by atoms with Gasteiger partial charge in [-0.25, -0.2) is 0 Å². The summed E-state index contributed by atoms with van der Waals surface area (Å²) in [6.07, 6.45) is 2.94. The lowest BCUT2D eigenvalue weighted by atomic mass is 9.99. The van der Waals surface area contributed by atoms with Crippen LogP contribution in [-0.4, -0.2) is 49.7 Å². The molecule has 7 nitrogen and oxygen atoms in total. The van der Waals surface area contributed by atoms with Crippen molar-refractivity contribution >= 4 is 23.2 Å². The molecule has 178 valence electrons. The summed E-state index contributed by atoms with van der Waals surface area (Å²) in [4.78, 5) is 28.9. The maximum Gasteiger partial charge on any atom is 0.264 e. The van der Waals surface area contributed by atoms with Crippen molar-refractivity contribution in [2.24, 2.45) is 0 Å². The third-order valence-corrected chi connectivity index (χ3v) is 6.89. The van der Waals surface area contributed by atoms with Crippen LogP contribution in [0.15, 0.2) is 60.7 Å². The number of nitrogens with one attached hydrogen (secondary N) is 1. The molecule has 3 aromatic carbocycles. The number of anilines is 2. The Balaban J connectivity index is 1.13. The van der Waals surface area contributed by atoms with Crippen LogP contribution in [0.25, 0.3) is 11.1 Å². The molecule has 0 bridgehead atoms. The fourth-order valence-corrected chi connectivity index (χ4v) is 4.96. The predicted octanol–water partition coefficient (Wildman–Crippen LogP) is 4.32. The monoisotopic (exact) mass is 469 g/mol. The first kappa shape index (κ1) is 21.7. The second-order valence-corrected chi connectivity index (χ2v) is 9.21. The van der Waals surface area contributed by atoms with Gasteiger partial charge in [0.25, 0.3) is 5.91 Å². The maximum absolute atomic E-state index is 13.2. The zero-order valence-electron chi connectivity index (χ0n) is 19.5. The molecule has 1 saturated heterocycles. The van der Waals surface area contributed by atoms with E-state index in [0.29, 0.717) is 24.3 Å². The van der Waals surface area contributed by atoms with Crippen LogP contribution in [0.4, 0.5) is 11.4 Å². The Hall–Kier alpha value is -3.84. The molecular formula is C28H27N3O4. The van der Waals surface area contributed by atoms with Gasteiger partial charge in [-0.1, -0.05) is 12.1 Å². The summed E-state index contributed by atoms with van der Waals surface area (Å²) >= 11 is 0. The average molecular weight is 470 g/mol. The first-order chi connectivity index (χ1) is 17.1. The molecule has 35 heavy (non-hydrogen) atoms. The number of hydrogen-bond donors (Lipinski definition) is 1. The van der Waals surface area contributed by atoms with E-state index in [9.17, 15) is 9.59 Å². The maximum atomic E-state index is 13.2. The van der Waals surface area contributed by atoms with Crippen LogP contribution in [0.3, 0.4) is 0 Å². The summed E-state index contributed by atoms with van der Waals surface area (Å²) in [7, 11) is 0. The summed E-state index contributed by atoms with van der Waals surface area (Å²) in [6.45, 7) is 4.08. The lowest BCUT2D eigenvalue weighted by Crippen LogP contribution is -2.38. The van der Waals surface area contributed by atoms with Crippen molar-refractivity contribution in [3.05, 3.63) is 71.8 Å². The van der Waals surface area contributed by atoms with Crippen LogP contribution < -0.4 is 19.7 Å². The molecule has 3 aliphatic rings. The minimum absolute atomic E-state index is 0.0123. The fourth-order valence-electron chi connectivity index (χ4n) is 4.96. The van der Waals surface area contributed by atoms with Gasteiger partial charge in [-0.3, -0.25) is 19.4 Å². The molecule has 0 spiro atoms. The Morgan fingerprint density at radius 3 is 2.51 bits per heavy atom. The Labute approximate surface area is 204 Å². The number of rotatable bonds is 6. The third-order valence-electron chi connectivity index (χ3n) is 6.89. The van der Waals surface area contributed by atoms with Gasteiger partial charge in [0.2, 0.25) is 5.91 Å². The van der Waals surface area contributed by atoms with Gasteiger partial charge in [0.05, 0.1) is 12.0 Å². The smallest absolute Gasteiger partial charge is 0.264 e. The molecule has 3 aromatic rings.